The Bertz CT molecular complexity index is 1650. The Kier molecular flexibility index (Phi) is 5.31. The van der Waals surface area contributed by atoms with Gasteiger partial charge in [0.1, 0.15) is 31.1 Å². The van der Waals surface area contributed by atoms with Crippen LogP contribution in [0.25, 0.3) is 0 Å². The van der Waals surface area contributed by atoms with E-state index in [0.717, 1.165) is 28.9 Å². The minimum Gasteiger partial charge on any atom is -0.491 e. The minimum absolute atomic E-state index is 0.0841. The predicted octanol–water partition coefficient (Wildman–Crippen LogP) is 6.42. The van der Waals surface area contributed by atoms with Crippen LogP contribution < -0.4 is 18.7 Å². The maximum Gasteiger partial charge on any atom is 0.416 e. The average Bonchev–Trinajstić information content (AvgIpc) is 3.61. The van der Waals surface area contributed by atoms with Gasteiger partial charge in [-0.15, -0.1) is 0 Å². The molecular weight excluding hydrogens is 519 g/mol. The topological polar surface area (TPSA) is 44.8 Å². The molecule has 7 rings (SSSR count). The van der Waals surface area contributed by atoms with Crippen molar-refractivity contribution < 1.29 is 32.2 Å². The molecule has 3 aliphatic heterocycles. The lowest BCUT2D eigenvalue weighted by Gasteiger charge is -2.34. The van der Waals surface area contributed by atoms with Crippen molar-refractivity contribution in [2.75, 3.05) is 13.4 Å². The van der Waals surface area contributed by atoms with Crippen LogP contribution in [0.2, 0.25) is 0 Å². The fourth-order valence-electron chi connectivity index (χ4n) is 6.25. The summed E-state index contributed by atoms with van der Waals surface area (Å²) in [6.45, 7) is 6.54. The fraction of sp³-hybridized carbons (Fsp3) is 0.188. The Balaban J connectivity index is 1.41. The number of halogens is 3. The highest BCUT2D eigenvalue weighted by molar-refractivity contribution is 6.08. The van der Waals surface area contributed by atoms with E-state index in [1.165, 1.54) is 12.1 Å². The van der Waals surface area contributed by atoms with Gasteiger partial charge in [0.2, 0.25) is 6.79 Å². The van der Waals surface area contributed by atoms with Gasteiger partial charge >= 0.3 is 12.1 Å². The van der Waals surface area contributed by atoms with Crippen molar-refractivity contribution >= 4 is 11.6 Å². The monoisotopic (exact) mass is 542 g/mol. The number of benzene rings is 4. The van der Waals surface area contributed by atoms with Gasteiger partial charge in [0, 0.05) is 28.3 Å². The number of ether oxygens (including phenoxy) is 3. The molecule has 0 aromatic heterocycles. The highest BCUT2D eigenvalue weighted by atomic mass is 19.4. The quantitative estimate of drug-likeness (QED) is 0.279. The van der Waals surface area contributed by atoms with E-state index in [1.54, 1.807) is 18.2 Å². The van der Waals surface area contributed by atoms with Gasteiger partial charge in [-0.2, -0.15) is 13.2 Å². The normalized spacial score (nSPS) is 22.4. The van der Waals surface area contributed by atoms with Gasteiger partial charge in [0.25, 0.3) is 0 Å². The second kappa shape index (κ2) is 8.60. The lowest BCUT2D eigenvalue weighted by Crippen LogP contribution is -2.56. The lowest BCUT2D eigenvalue weighted by atomic mass is 9.77. The number of amides is 1. The largest absolute Gasteiger partial charge is 0.491 e. The molecule has 2 unspecified atom stereocenters. The molecule has 3 heterocycles. The second-order valence-electron chi connectivity index (χ2n) is 10.4. The summed E-state index contributed by atoms with van der Waals surface area (Å²) in [5.74, 6) is 1.53. The third-order valence-electron chi connectivity index (χ3n) is 8.12. The van der Waals surface area contributed by atoms with E-state index in [2.05, 4.69) is 0 Å². The number of nitrogens with zero attached hydrogens (tertiary/aromatic N) is 1. The summed E-state index contributed by atoms with van der Waals surface area (Å²) in [4.78, 5) is 15.1. The van der Waals surface area contributed by atoms with Gasteiger partial charge in [0.05, 0.1) is 5.56 Å². The van der Waals surface area contributed by atoms with Crippen molar-refractivity contribution in [3.05, 3.63) is 125 Å². The molecule has 2 radical (unpaired) electrons. The lowest BCUT2D eigenvalue weighted by molar-refractivity contribution is -0.138. The molecule has 0 N–H and O–H groups in total. The molecule has 0 aliphatic carbocycles. The summed E-state index contributed by atoms with van der Waals surface area (Å²) in [5, 5.41) is 0. The molecule has 1 spiro atoms. The first-order valence-corrected chi connectivity index (χ1v) is 12.8. The van der Waals surface area contributed by atoms with Crippen LogP contribution in [-0.4, -0.2) is 19.3 Å². The minimum atomic E-state index is -4.45. The Hall–Kier alpha value is -4.30. The van der Waals surface area contributed by atoms with E-state index in [9.17, 15) is 13.2 Å². The van der Waals surface area contributed by atoms with Gasteiger partial charge in [-0.1, -0.05) is 54.6 Å². The number of hydrogen-bond donors (Lipinski definition) is 0. The van der Waals surface area contributed by atoms with Crippen LogP contribution in [0.15, 0.2) is 84.9 Å². The van der Waals surface area contributed by atoms with E-state index >= 15 is 4.79 Å². The molecule has 8 heteroatoms. The van der Waals surface area contributed by atoms with Gasteiger partial charge in [-0.25, -0.2) is 9.28 Å². The van der Waals surface area contributed by atoms with Crippen LogP contribution in [-0.2, 0) is 29.5 Å². The number of hydrogen-bond acceptors (Lipinski definition) is 4. The number of alkyl halides is 3. The van der Waals surface area contributed by atoms with Gasteiger partial charge in [0.15, 0.2) is 16.9 Å². The standard InChI is InChI=1S/C32H23F3NO4/c1-20-6-8-21(9-7-20)16-36(17-22-10-12-23(13-11-22)32(33,34)35)26-5-3-2-4-24(26)31(30(36)37)18-38-27-15-29-28(14-25(27)31)39-19-40-29/h1-15H,16-19H2/q+1. The number of quaternary nitrogens is 1. The molecule has 0 saturated heterocycles. The summed E-state index contributed by atoms with van der Waals surface area (Å²) in [6.07, 6.45) is -4.45. The van der Waals surface area contributed by atoms with E-state index in [1.807, 2.05) is 42.5 Å². The summed E-state index contributed by atoms with van der Waals surface area (Å²) < 4.78 is 57.1. The van der Waals surface area contributed by atoms with E-state index in [-0.39, 0.29) is 36.9 Å². The molecule has 200 valence electrons. The molecule has 40 heavy (non-hydrogen) atoms. The third-order valence-corrected chi connectivity index (χ3v) is 8.12. The average molecular weight is 543 g/mol. The van der Waals surface area contributed by atoms with Crippen molar-refractivity contribution in [2.45, 2.75) is 24.7 Å². The molecule has 4 aromatic carbocycles. The fourth-order valence-corrected chi connectivity index (χ4v) is 6.25. The van der Waals surface area contributed by atoms with Crippen molar-refractivity contribution in [3.8, 4) is 17.2 Å². The van der Waals surface area contributed by atoms with Gasteiger partial charge in [-0.05, 0) is 36.8 Å². The van der Waals surface area contributed by atoms with Crippen molar-refractivity contribution in [3.63, 3.8) is 0 Å². The SMILES string of the molecule is [CH]c1ccc(C[N+]2(Cc3ccc(C(F)(F)F)cc3)C(=O)C3(COc4cc5c(cc43)OCO5)c3ccccc32)cc1. The summed E-state index contributed by atoms with van der Waals surface area (Å²) in [5.41, 5.74) is 2.47. The number of fused-ring (bicyclic) bond motifs is 5. The Labute approximate surface area is 228 Å². The van der Waals surface area contributed by atoms with Gasteiger partial charge in [-0.3, -0.25) is 0 Å². The highest BCUT2D eigenvalue weighted by Crippen LogP contribution is 2.58. The first kappa shape index (κ1) is 24.7. The number of para-hydroxylation sites is 1. The molecule has 0 fully saturated rings. The van der Waals surface area contributed by atoms with Crippen molar-refractivity contribution in [2.24, 2.45) is 0 Å². The molecule has 5 nitrogen and oxygen atoms in total. The maximum absolute atomic E-state index is 15.1. The number of carbonyl (C=O) groups excluding carboxylic acids is 1. The predicted molar refractivity (Wildman–Crippen MR) is 141 cm³/mol. The van der Waals surface area contributed by atoms with Gasteiger partial charge < -0.3 is 14.2 Å². The summed E-state index contributed by atoms with van der Waals surface area (Å²) >= 11 is 0. The maximum atomic E-state index is 15.1. The molecule has 4 aromatic rings. The van der Waals surface area contributed by atoms with Crippen molar-refractivity contribution in [1.29, 1.82) is 0 Å². The van der Waals surface area contributed by atoms with E-state index in [0.29, 0.717) is 33.9 Å². The zero-order chi connectivity index (χ0) is 27.7. The van der Waals surface area contributed by atoms with Crippen LogP contribution in [0.5, 0.6) is 17.2 Å². The highest BCUT2D eigenvalue weighted by Gasteiger charge is 2.66. The molecule has 3 aliphatic rings. The molecule has 2 atom stereocenters. The molecule has 0 bridgehead atoms. The van der Waals surface area contributed by atoms with Crippen LogP contribution in [0, 0.1) is 6.92 Å². The van der Waals surface area contributed by atoms with Crippen molar-refractivity contribution in [1.82, 2.24) is 4.48 Å². The third kappa shape index (κ3) is 3.55. The van der Waals surface area contributed by atoms with Crippen LogP contribution >= 0.6 is 0 Å². The smallest absolute Gasteiger partial charge is 0.416 e. The Morgan fingerprint density at radius 3 is 2.08 bits per heavy atom. The van der Waals surface area contributed by atoms with Crippen LogP contribution in [0.3, 0.4) is 0 Å². The number of rotatable bonds is 4. The van der Waals surface area contributed by atoms with E-state index < -0.39 is 17.2 Å². The molecule has 0 saturated carbocycles. The Morgan fingerprint density at radius 2 is 1.40 bits per heavy atom. The summed E-state index contributed by atoms with van der Waals surface area (Å²) in [6, 6.07) is 23.5. The summed E-state index contributed by atoms with van der Waals surface area (Å²) in [7, 11) is 0. The number of carbonyl (C=O) groups is 1. The molecule has 1 amide bonds. The first-order valence-electron chi connectivity index (χ1n) is 12.8. The van der Waals surface area contributed by atoms with E-state index in [4.69, 9.17) is 21.1 Å². The second-order valence-corrected chi connectivity index (χ2v) is 10.4. The zero-order valence-corrected chi connectivity index (χ0v) is 21.2. The van der Waals surface area contributed by atoms with Crippen LogP contribution in [0.4, 0.5) is 18.9 Å². The van der Waals surface area contributed by atoms with Crippen LogP contribution in [0.1, 0.15) is 33.4 Å². The first-order chi connectivity index (χ1) is 19.2. The zero-order valence-electron chi connectivity index (χ0n) is 21.2. The molecular formula is C32H23F3NO4+. The Morgan fingerprint density at radius 1 is 0.775 bits per heavy atom.